The third-order valence-electron chi connectivity index (χ3n) is 4.00. The quantitative estimate of drug-likeness (QED) is 0.866. The van der Waals surface area contributed by atoms with E-state index in [9.17, 15) is 8.42 Å². The van der Waals surface area contributed by atoms with Crippen molar-refractivity contribution in [3.8, 4) is 0 Å². The third kappa shape index (κ3) is 2.50. The largest absolute Gasteiger partial charge is 0.370 e. The van der Waals surface area contributed by atoms with E-state index in [2.05, 4.69) is 15.0 Å². The molecule has 0 atom stereocenters. The Labute approximate surface area is 129 Å². The Balaban J connectivity index is 1.78. The predicted molar refractivity (Wildman–Crippen MR) is 85.6 cm³/mol. The number of sulfonamides is 1. The van der Waals surface area contributed by atoms with Crippen molar-refractivity contribution < 1.29 is 8.42 Å². The molecule has 4 rings (SSSR count). The molecule has 1 aliphatic heterocycles. The van der Waals surface area contributed by atoms with Crippen molar-refractivity contribution in [3.63, 3.8) is 0 Å². The van der Waals surface area contributed by atoms with Crippen LogP contribution in [0.25, 0.3) is 10.9 Å². The van der Waals surface area contributed by atoms with E-state index in [1.807, 2.05) is 28.8 Å². The lowest BCUT2D eigenvalue weighted by Gasteiger charge is -2.05. The second-order valence-electron chi connectivity index (χ2n) is 5.79. The number of fused-ring (bicyclic) bond motifs is 1. The van der Waals surface area contributed by atoms with Crippen molar-refractivity contribution in [3.05, 3.63) is 30.5 Å². The van der Waals surface area contributed by atoms with E-state index < -0.39 is 10.0 Å². The summed E-state index contributed by atoms with van der Waals surface area (Å²) in [6.45, 7) is 2.20. The molecule has 0 amide bonds. The monoisotopic (exact) mass is 318 g/mol. The number of amidine groups is 1. The van der Waals surface area contributed by atoms with Gasteiger partial charge in [-0.05, 0) is 18.9 Å². The molecule has 6 nitrogen and oxygen atoms in total. The highest BCUT2D eigenvalue weighted by molar-refractivity contribution is 7.89. The van der Waals surface area contributed by atoms with E-state index in [0.29, 0.717) is 11.4 Å². The SMILES string of the molecule is O=S(=O)(NC1CC1)c1cn(CC2=NCCN2)c2ccccc12. The molecule has 2 heterocycles. The Hall–Kier alpha value is -1.86. The molecule has 7 heteroatoms. The van der Waals surface area contributed by atoms with E-state index in [1.165, 1.54) is 0 Å². The molecule has 0 unspecified atom stereocenters. The van der Waals surface area contributed by atoms with Crippen molar-refractivity contribution in [1.82, 2.24) is 14.6 Å². The van der Waals surface area contributed by atoms with Crippen molar-refractivity contribution in [2.24, 2.45) is 4.99 Å². The lowest BCUT2D eigenvalue weighted by Crippen LogP contribution is -2.26. The van der Waals surface area contributed by atoms with Crippen LogP contribution in [-0.2, 0) is 16.6 Å². The van der Waals surface area contributed by atoms with E-state index in [1.54, 1.807) is 6.20 Å². The zero-order valence-electron chi connectivity index (χ0n) is 12.1. The zero-order valence-corrected chi connectivity index (χ0v) is 12.9. The first-order chi connectivity index (χ1) is 10.6. The van der Waals surface area contributed by atoms with Gasteiger partial charge in [0, 0.05) is 29.7 Å². The van der Waals surface area contributed by atoms with Gasteiger partial charge in [0.2, 0.25) is 10.0 Å². The van der Waals surface area contributed by atoms with E-state index >= 15 is 0 Å². The van der Waals surface area contributed by atoms with Crippen LogP contribution in [0.5, 0.6) is 0 Å². The summed E-state index contributed by atoms with van der Waals surface area (Å²) >= 11 is 0. The number of aromatic nitrogens is 1. The van der Waals surface area contributed by atoms with Gasteiger partial charge >= 0.3 is 0 Å². The third-order valence-corrected chi connectivity index (χ3v) is 5.55. The maximum atomic E-state index is 12.6. The minimum Gasteiger partial charge on any atom is -0.370 e. The smallest absolute Gasteiger partial charge is 0.242 e. The minimum atomic E-state index is -3.47. The first-order valence-electron chi connectivity index (χ1n) is 7.51. The van der Waals surface area contributed by atoms with Crippen LogP contribution >= 0.6 is 0 Å². The van der Waals surface area contributed by atoms with Gasteiger partial charge in [-0.1, -0.05) is 18.2 Å². The van der Waals surface area contributed by atoms with E-state index in [0.717, 1.165) is 42.7 Å². The molecule has 2 aliphatic rings. The molecule has 2 N–H and O–H groups in total. The Bertz CT molecular complexity index is 850. The molecule has 22 heavy (non-hydrogen) atoms. The molecule has 0 spiro atoms. The Kier molecular flexibility index (Phi) is 3.19. The number of nitrogens with one attached hydrogen (secondary N) is 2. The van der Waals surface area contributed by atoms with Gasteiger partial charge in [0.15, 0.2) is 0 Å². The average molecular weight is 318 g/mol. The second kappa shape index (κ2) is 5.10. The summed E-state index contributed by atoms with van der Waals surface area (Å²) in [6, 6.07) is 7.70. The highest BCUT2D eigenvalue weighted by Gasteiger charge is 2.30. The van der Waals surface area contributed by atoms with Gasteiger partial charge in [-0.15, -0.1) is 0 Å². The van der Waals surface area contributed by atoms with E-state index in [4.69, 9.17) is 0 Å². The topological polar surface area (TPSA) is 75.5 Å². The van der Waals surface area contributed by atoms with Gasteiger partial charge in [-0.25, -0.2) is 13.1 Å². The van der Waals surface area contributed by atoms with Gasteiger partial charge in [-0.2, -0.15) is 0 Å². The lowest BCUT2D eigenvalue weighted by atomic mass is 10.2. The summed E-state index contributed by atoms with van der Waals surface area (Å²) in [7, 11) is -3.47. The van der Waals surface area contributed by atoms with Crippen LogP contribution in [0.1, 0.15) is 12.8 Å². The highest BCUT2D eigenvalue weighted by Crippen LogP contribution is 2.28. The molecule has 0 bridgehead atoms. The number of aliphatic imine (C=N–C) groups is 1. The van der Waals surface area contributed by atoms with Crippen LogP contribution < -0.4 is 10.0 Å². The van der Waals surface area contributed by atoms with Crippen LogP contribution in [0.4, 0.5) is 0 Å². The normalized spacial score (nSPS) is 18.5. The summed E-state index contributed by atoms with van der Waals surface area (Å²) in [5.74, 6) is 0.903. The van der Waals surface area contributed by atoms with Crippen molar-refractivity contribution >= 4 is 26.8 Å². The predicted octanol–water partition coefficient (Wildman–Crippen LogP) is 1.08. The fraction of sp³-hybridized carbons (Fsp3) is 0.400. The van der Waals surface area contributed by atoms with Crippen molar-refractivity contribution in [1.29, 1.82) is 0 Å². The Morgan fingerprint density at radius 3 is 2.86 bits per heavy atom. The number of benzene rings is 1. The molecule has 1 saturated carbocycles. The Morgan fingerprint density at radius 1 is 1.32 bits per heavy atom. The van der Waals surface area contributed by atoms with Gasteiger partial charge in [0.25, 0.3) is 0 Å². The molecule has 1 aliphatic carbocycles. The number of hydrogen-bond acceptors (Lipinski definition) is 4. The summed E-state index contributed by atoms with van der Waals surface area (Å²) in [4.78, 5) is 4.74. The van der Waals surface area contributed by atoms with Crippen molar-refractivity contribution in [2.75, 3.05) is 13.1 Å². The van der Waals surface area contributed by atoms with Crippen LogP contribution in [0.2, 0.25) is 0 Å². The maximum Gasteiger partial charge on any atom is 0.242 e. The first kappa shape index (κ1) is 13.8. The second-order valence-corrected chi connectivity index (χ2v) is 7.47. The standard InChI is InChI=1S/C15H18N4O2S/c20-22(21,18-11-5-6-11)14-9-19(10-15-16-7-8-17-15)13-4-2-1-3-12(13)14/h1-4,9,11,18H,5-8,10H2,(H,16,17). The molecule has 0 radical (unpaired) electrons. The summed E-state index contributed by atoms with van der Waals surface area (Å²) in [6.07, 6.45) is 3.58. The van der Waals surface area contributed by atoms with Gasteiger partial charge in [-0.3, -0.25) is 4.99 Å². The fourth-order valence-electron chi connectivity index (χ4n) is 2.76. The number of rotatable bonds is 5. The van der Waals surface area contributed by atoms with Crippen LogP contribution in [0, 0.1) is 0 Å². The van der Waals surface area contributed by atoms with Gasteiger partial charge in [0.1, 0.15) is 10.7 Å². The highest BCUT2D eigenvalue weighted by atomic mass is 32.2. The minimum absolute atomic E-state index is 0.105. The fourth-order valence-corrected chi connectivity index (χ4v) is 4.29. The first-order valence-corrected chi connectivity index (χ1v) is 8.99. The molecule has 1 aromatic heterocycles. The van der Waals surface area contributed by atoms with Crippen molar-refractivity contribution in [2.45, 2.75) is 30.3 Å². The number of nitrogens with zero attached hydrogens (tertiary/aromatic N) is 2. The molecular weight excluding hydrogens is 300 g/mol. The zero-order chi connectivity index (χ0) is 15.2. The number of para-hydroxylation sites is 1. The van der Waals surface area contributed by atoms with Gasteiger partial charge in [0.05, 0.1) is 13.1 Å². The average Bonchev–Trinajstić information content (AvgIpc) is 3.02. The molecular formula is C15H18N4O2S. The van der Waals surface area contributed by atoms with Crippen LogP contribution in [0.15, 0.2) is 40.4 Å². The molecule has 1 fully saturated rings. The van der Waals surface area contributed by atoms with Gasteiger partial charge < -0.3 is 9.88 Å². The molecule has 1 aromatic carbocycles. The van der Waals surface area contributed by atoms with E-state index in [-0.39, 0.29) is 6.04 Å². The maximum absolute atomic E-state index is 12.6. The van der Waals surface area contributed by atoms with Crippen LogP contribution in [0.3, 0.4) is 0 Å². The summed E-state index contributed by atoms with van der Waals surface area (Å²) < 4.78 is 29.9. The summed E-state index contributed by atoms with van der Waals surface area (Å²) in [5, 5.41) is 3.98. The molecule has 0 saturated heterocycles. The molecule has 116 valence electrons. The molecule has 2 aromatic rings. The summed E-state index contributed by atoms with van der Waals surface area (Å²) in [5.41, 5.74) is 0.912. The lowest BCUT2D eigenvalue weighted by molar-refractivity contribution is 0.581. The van der Waals surface area contributed by atoms with Crippen LogP contribution in [-0.4, -0.2) is 38.0 Å². The Morgan fingerprint density at radius 2 is 2.14 bits per heavy atom. The number of hydrogen-bond donors (Lipinski definition) is 2.